The Morgan fingerprint density at radius 2 is 1.71 bits per heavy atom. The summed E-state index contributed by atoms with van der Waals surface area (Å²) in [5.41, 5.74) is 3.70. The number of hydrogen-bond donors (Lipinski definition) is 1. The maximum Gasteiger partial charge on any atom is 0.246 e. The van der Waals surface area contributed by atoms with Gasteiger partial charge in [0, 0.05) is 29.9 Å². The molecule has 0 saturated heterocycles. The van der Waals surface area contributed by atoms with Gasteiger partial charge in [-0.2, -0.15) is 0 Å². The van der Waals surface area contributed by atoms with E-state index < -0.39 is 9.84 Å². The highest BCUT2D eigenvalue weighted by molar-refractivity contribution is 7.90. The van der Waals surface area contributed by atoms with Gasteiger partial charge in [-0.1, -0.05) is 38.1 Å². The Morgan fingerprint density at radius 1 is 1.12 bits per heavy atom. The fourth-order valence-electron chi connectivity index (χ4n) is 2.29. The van der Waals surface area contributed by atoms with E-state index >= 15 is 0 Å². The van der Waals surface area contributed by atoms with Crippen LogP contribution < -0.4 is 0 Å². The molecule has 1 unspecified atom stereocenters. The molecule has 1 aromatic carbocycles. The van der Waals surface area contributed by atoms with Crippen molar-refractivity contribution in [3.05, 3.63) is 42.2 Å². The molecule has 0 saturated carbocycles. The highest BCUT2D eigenvalue weighted by Crippen LogP contribution is 2.20. The van der Waals surface area contributed by atoms with Gasteiger partial charge < -0.3 is 5.41 Å². The molecule has 1 atom stereocenters. The van der Waals surface area contributed by atoms with Crippen molar-refractivity contribution in [1.29, 1.82) is 5.41 Å². The second-order valence-corrected chi connectivity index (χ2v) is 7.97. The third-order valence-corrected chi connectivity index (χ3v) is 5.01. The second kappa shape index (κ2) is 7.66. The second-order valence-electron chi connectivity index (χ2n) is 6.06. The summed E-state index contributed by atoms with van der Waals surface area (Å²) in [7, 11) is -3.38. The fourth-order valence-corrected chi connectivity index (χ4v) is 2.78. The van der Waals surface area contributed by atoms with Crippen LogP contribution in [0.2, 0.25) is 0 Å². The topological polar surface area (TPSA) is 83.8 Å². The van der Waals surface area contributed by atoms with Crippen LogP contribution in [0.3, 0.4) is 0 Å². The third-order valence-electron chi connectivity index (χ3n) is 4.14. The lowest BCUT2D eigenvalue weighted by Crippen LogP contribution is -2.09. The summed E-state index contributed by atoms with van der Waals surface area (Å²) in [4.78, 5) is 7.82. The summed E-state index contributed by atoms with van der Waals surface area (Å²) in [6.45, 7) is 4.19. The summed E-state index contributed by atoms with van der Waals surface area (Å²) in [6.07, 6.45) is 6.77. The molecule has 1 N–H and O–H groups in total. The number of sulfone groups is 1. The lowest BCUT2D eigenvalue weighted by molar-refractivity contribution is 0.593. The van der Waals surface area contributed by atoms with Crippen molar-refractivity contribution in [2.45, 2.75) is 38.3 Å². The van der Waals surface area contributed by atoms with Crippen molar-refractivity contribution in [2.75, 3.05) is 6.26 Å². The molecular formula is C18H23N3O2S. The lowest BCUT2D eigenvalue weighted by atomic mass is 9.96. The molecule has 1 heterocycles. The molecule has 0 aliphatic rings. The van der Waals surface area contributed by atoms with Crippen LogP contribution in [0.4, 0.5) is 0 Å². The van der Waals surface area contributed by atoms with E-state index in [4.69, 9.17) is 5.41 Å². The molecule has 24 heavy (non-hydrogen) atoms. The normalized spacial score (nSPS) is 12.8. The van der Waals surface area contributed by atoms with Crippen molar-refractivity contribution in [1.82, 2.24) is 9.97 Å². The van der Waals surface area contributed by atoms with E-state index in [2.05, 4.69) is 23.8 Å². The van der Waals surface area contributed by atoms with Gasteiger partial charge in [0.05, 0.1) is 0 Å². The number of aromatic nitrogens is 2. The summed E-state index contributed by atoms with van der Waals surface area (Å²) in [5.74, 6) is 0.342. The van der Waals surface area contributed by atoms with Crippen molar-refractivity contribution in [3.63, 3.8) is 0 Å². The Kier molecular flexibility index (Phi) is 5.83. The first-order valence-corrected chi connectivity index (χ1v) is 9.89. The maximum absolute atomic E-state index is 11.4. The number of benzene rings is 1. The van der Waals surface area contributed by atoms with Crippen molar-refractivity contribution in [3.8, 4) is 11.1 Å². The molecule has 1 aromatic heterocycles. The zero-order chi connectivity index (χ0) is 17.7. The molecule has 0 amide bonds. The van der Waals surface area contributed by atoms with Crippen molar-refractivity contribution in [2.24, 2.45) is 5.92 Å². The highest BCUT2D eigenvalue weighted by Gasteiger charge is 2.11. The molecular weight excluding hydrogens is 322 g/mol. The van der Waals surface area contributed by atoms with Gasteiger partial charge in [-0.3, -0.25) is 0 Å². The predicted octanol–water partition coefficient (Wildman–Crippen LogP) is 3.55. The molecule has 2 aromatic rings. The van der Waals surface area contributed by atoms with Gasteiger partial charge >= 0.3 is 0 Å². The molecule has 5 nitrogen and oxygen atoms in total. The summed E-state index contributed by atoms with van der Waals surface area (Å²) < 4.78 is 22.8. The first-order chi connectivity index (χ1) is 11.3. The Labute approximate surface area is 143 Å². The van der Waals surface area contributed by atoms with Crippen molar-refractivity contribution < 1.29 is 8.42 Å². The summed E-state index contributed by atoms with van der Waals surface area (Å²) in [5, 5.41) is 7.86. The van der Waals surface area contributed by atoms with Gasteiger partial charge in [-0.25, -0.2) is 18.4 Å². The van der Waals surface area contributed by atoms with Crippen LogP contribution in [0.5, 0.6) is 0 Å². The van der Waals surface area contributed by atoms with Crippen LogP contribution in [-0.2, 0) is 16.3 Å². The highest BCUT2D eigenvalue weighted by atomic mass is 32.2. The molecule has 0 spiro atoms. The number of nitrogens with one attached hydrogen (secondary N) is 1. The molecule has 0 radical (unpaired) electrons. The quantitative estimate of drug-likeness (QED) is 0.614. The number of aryl methyl sites for hydroxylation is 1. The molecule has 128 valence electrons. The largest absolute Gasteiger partial charge is 0.309 e. The first-order valence-electron chi connectivity index (χ1n) is 8.00. The lowest BCUT2D eigenvalue weighted by Gasteiger charge is -2.10. The van der Waals surface area contributed by atoms with Gasteiger partial charge in [0.25, 0.3) is 0 Å². The Hall–Kier alpha value is -2.08. The first kappa shape index (κ1) is 18.3. The van der Waals surface area contributed by atoms with Gasteiger partial charge in [0.15, 0.2) is 0 Å². The average Bonchev–Trinajstić information content (AvgIpc) is 2.58. The standard InChI is InChI=1S/C18H23N3O2S/c1-4-13(2)17(19)10-7-14-5-8-15(9-6-14)16-11-20-18(21-12-16)24(3,22)23/h5-6,8-9,11-13,19H,4,7,10H2,1-3H3. The monoisotopic (exact) mass is 345 g/mol. The molecule has 0 aliphatic carbocycles. The fraction of sp³-hybridized carbons (Fsp3) is 0.389. The van der Waals surface area contributed by atoms with E-state index in [0.29, 0.717) is 5.92 Å². The summed E-state index contributed by atoms with van der Waals surface area (Å²) >= 11 is 0. The van der Waals surface area contributed by atoms with Gasteiger partial charge in [-0.15, -0.1) is 0 Å². The van der Waals surface area contributed by atoms with E-state index in [1.807, 2.05) is 24.3 Å². The van der Waals surface area contributed by atoms with E-state index in [0.717, 1.165) is 42.4 Å². The molecule has 0 fully saturated rings. The molecule has 0 aliphatic heterocycles. The smallest absolute Gasteiger partial charge is 0.246 e. The van der Waals surface area contributed by atoms with Crippen LogP contribution in [0.1, 0.15) is 32.3 Å². The SMILES string of the molecule is CCC(C)C(=N)CCc1ccc(-c2cnc(S(C)(=O)=O)nc2)cc1. The number of rotatable bonds is 7. The minimum absolute atomic E-state index is 0.161. The number of nitrogens with zero attached hydrogens (tertiary/aromatic N) is 2. The van der Waals surface area contributed by atoms with Crippen molar-refractivity contribution >= 4 is 15.5 Å². The predicted molar refractivity (Wildman–Crippen MR) is 96.1 cm³/mol. The van der Waals surface area contributed by atoms with Crippen LogP contribution in [0.15, 0.2) is 41.8 Å². The van der Waals surface area contributed by atoms with E-state index in [1.165, 1.54) is 18.0 Å². The zero-order valence-electron chi connectivity index (χ0n) is 14.3. The molecule has 6 heteroatoms. The molecule has 2 rings (SSSR count). The Morgan fingerprint density at radius 3 is 2.21 bits per heavy atom. The van der Waals surface area contributed by atoms with Crippen LogP contribution >= 0.6 is 0 Å². The maximum atomic E-state index is 11.4. The van der Waals surface area contributed by atoms with Crippen LogP contribution in [0, 0.1) is 11.3 Å². The molecule has 0 bridgehead atoms. The summed E-state index contributed by atoms with van der Waals surface area (Å²) in [6, 6.07) is 8.01. The average molecular weight is 345 g/mol. The van der Waals surface area contributed by atoms with Gasteiger partial charge in [-0.05, 0) is 36.3 Å². The van der Waals surface area contributed by atoms with Crippen LogP contribution in [0.25, 0.3) is 11.1 Å². The Balaban J connectivity index is 2.05. The number of hydrogen-bond acceptors (Lipinski definition) is 5. The minimum atomic E-state index is -3.38. The van der Waals surface area contributed by atoms with Gasteiger partial charge in [0.2, 0.25) is 15.0 Å². The van der Waals surface area contributed by atoms with Gasteiger partial charge in [0.1, 0.15) is 0 Å². The van der Waals surface area contributed by atoms with E-state index in [-0.39, 0.29) is 5.16 Å². The Bertz CT molecular complexity index is 797. The third kappa shape index (κ3) is 4.71. The minimum Gasteiger partial charge on any atom is -0.309 e. The van der Waals surface area contributed by atoms with Crippen LogP contribution in [-0.4, -0.2) is 30.4 Å². The van der Waals surface area contributed by atoms with E-state index in [1.54, 1.807) is 0 Å². The zero-order valence-corrected chi connectivity index (χ0v) is 15.1. The van der Waals surface area contributed by atoms with E-state index in [9.17, 15) is 8.42 Å².